The third-order valence-electron chi connectivity index (χ3n) is 5.33. The van der Waals surface area contributed by atoms with Gasteiger partial charge in [-0.05, 0) is 29.8 Å². The lowest BCUT2D eigenvalue weighted by atomic mass is 10.0. The van der Waals surface area contributed by atoms with E-state index in [2.05, 4.69) is 48.6 Å². The number of likely N-dealkylation sites (tertiary alicyclic amines) is 1. The van der Waals surface area contributed by atoms with Crippen LogP contribution in [-0.2, 0) is 11.2 Å². The average molecular weight is 387 g/mol. The molecule has 1 aliphatic heterocycles. The van der Waals surface area contributed by atoms with Gasteiger partial charge in [0.25, 0.3) is 0 Å². The minimum absolute atomic E-state index is 0.0610. The van der Waals surface area contributed by atoms with E-state index in [-0.39, 0.29) is 5.91 Å². The lowest BCUT2D eigenvalue weighted by Crippen LogP contribution is -3.11. The monoisotopic (exact) mass is 386 g/mol. The molecule has 0 aromatic heterocycles. The fourth-order valence-corrected chi connectivity index (χ4v) is 3.87. The molecule has 144 valence electrons. The quantitative estimate of drug-likeness (QED) is 0.767. The molecule has 0 unspecified atom stereocenters. The molecule has 1 aliphatic rings. The van der Waals surface area contributed by atoms with Crippen LogP contribution in [0.15, 0.2) is 48.5 Å². The number of carbonyl (C=O) groups excluding carboxylic acids is 1. The van der Waals surface area contributed by atoms with Crippen LogP contribution in [0.2, 0.25) is 5.02 Å². The zero-order valence-electron chi connectivity index (χ0n) is 16.2. The number of hydrogen-bond acceptors (Lipinski definition) is 2. The number of nitrogens with zero attached hydrogens (tertiary/aromatic N) is 1. The summed E-state index contributed by atoms with van der Waals surface area (Å²) in [6, 6.07) is 16.5. The molecular formula is C22H29ClN3O+. The standard InChI is InChI=1S/C22H28ClN3O/c1-25(2)20-11-7-18(8-12-20)21(26-13-3-4-14-26)16-24-22(27)15-17-5-9-19(23)10-6-17/h5-12,21H,3-4,13-16H2,1-2H3,(H,24,27)/p+1/t21-/m1/s1. The van der Waals surface area contributed by atoms with Gasteiger partial charge in [0.05, 0.1) is 26.1 Å². The topological polar surface area (TPSA) is 36.8 Å². The average Bonchev–Trinajstić information content (AvgIpc) is 3.19. The summed E-state index contributed by atoms with van der Waals surface area (Å²) in [7, 11) is 4.10. The molecule has 2 N–H and O–H groups in total. The molecule has 4 nitrogen and oxygen atoms in total. The predicted molar refractivity (Wildman–Crippen MR) is 112 cm³/mol. The zero-order valence-corrected chi connectivity index (χ0v) is 16.9. The van der Waals surface area contributed by atoms with Crippen molar-refractivity contribution in [2.75, 3.05) is 38.6 Å². The molecule has 1 heterocycles. The summed E-state index contributed by atoms with van der Waals surface area (Å²) < 4.78 is 0. The van der Waals surface area contributed by atoms with Gasteiger partial charge in [-0.2, -0.15) is 0 Å². The number of halogens is 1. The minimum Gasteiger partial charge on any atom is -0.378 e. The van der Waals surface area contributed by atoms with Crippen molar-refractivity contribution in [1.82, 2.24) is 5.32 Å². The fraction of sp³-hybridized carbons (Fsp3) is 0.409. The Morgan fingerprint density at radius 2 is 1.70 bits per heavy atom. The van der Waals surface area contributed by atoms with Crippen molar-refractivity contribution < 1.29 is 9.69 Å². The molecule has 0 saturated carbocycles. The van der Waals surface area contributed by atoms with Crippen LogP contribution in [0.4, 0.5) is 5.69 Å². The van der Waals surface area contributed by atoms with Gasteiger partial charge in [-0.25, -0.2) is 0 Å². The maximum atomic E-state index is 12.4. The maximum Gasteiger partial charge on any atom is 0.224 e. The molecule has 1 atom stereocenters. The largest absolute Gasteiger partial charge is 0.378 e. The summed E-state index contributed by atoms with van der Waals surface area (Å²) in [5, 5.41) is 3.85. The highest BCUT2D eigenvalue weighted by Crippen LogP contribution is 2.17. The molecule has 0 radical (unpaired) electrons. The molecule has 2 aromatic carbocycles. The van der Waals surface area contributed by atoms with Crippen LogP contribution in [0, 0.1) is 0 Å². The van der Waals surface area contributed by atoms with Crippen molar-refractivity contribution in [2.45, 2.75) is 25.3 Å². The van der Waals surface area contributed by atoms with Gasteiger partial charge in [0.1, 0.15) is 6.04 Å². The Kier molecular flexibility index (Phi) is 6.75. The molecule has 1 saturated heterocycles. The second kappa shape index (κ2) is 9.25. The van der Waals surface area contributed by atoms with Gasteiger partial charge in [0.2, 0.25) is 5.91 Å². The lowest BCUT2D eigenvalue weighted by Gasteiger charge is -2.26. The first-order chi connectivity index (χ1) is 13.0. The van der Waals surface area contributed by atoms with E-state index in [4.69, 9.17) is 11.6 Å². The molecule has 2 aromatic rings. The van der Waals surface area contributed by atoms with Crippen molar-refractivity contribution in [1.29, 1.82) is 0 Å². The summed E-state index contributed by atoms with van der Waals surface area (Å²) in [6.45, 7) is 3.02. The van der Waals surface area contributed by atoms with E-state index in [0.717, 1.165) is 5.56 Å². The normalized spacial score (nSPS) is 15.5. The molecule has 27 heavy (non-hydrogen) atoms. The summed E-state index contributed by atoms with van der Waals surface area (Å²) in [5.74, 6) is 0.0610. The minimum atomic E-state index is 0.0610. The van der Waals surface area contributed by atoms with Gasteiger partial charge >= 0.3 is 0 Å². The van der Waals surface area contributed by atoms with E-state index in [0.29, 0.717) is 24.0 Å². The number of rotatable bonds is 7. The van der Waals surface area contributed by atoms with Crippen LogP contribution in [0.5, 0.6) is 0 Å². The van der Waals surface area contributed by atoms with Gasteiger partial charge < -0.3 is 15.1 Å². The summed E-state index contributed by atoms with van der Waals surface area (Å²) >= 11 is 5.92. The van der Waals surface area contributed by atoms with Crippen LogP contribution in [0.3, 0.4) is 0 Å². The number of quaternary nitrogens is 1. The first-order valence-corrected chi connectivity index (χ1v) is 10.0. The van der Waals surface area contributed by atoms with Gasteiger partial charge in [-0.3, -0.25) is 4.79 Å². The van der Waals surface area contributed by atoms with E-state index in [9.17, 15) is 4.79 Å². The Hall–Kier alpha value is -2.04. The van der Waals surface area contributed by atoms with Crippen LogP contribution >= 0.6 is 11.6 Å². The van der Waals surface area contributed by atoms with Gasteiger partial charge in [-0.1, -0.05) is 35.9 Å². The molecule has 3 rings (SSSR count). The van der Waals surface area contributed by atoms with Crippen molar-refractivity contribution >= 4 is 23.2 Å². The highest BCUT2D eigenvalue weighted by Gasteiger charge is 2.27. The predicted octanol–water partition coefficient (Wildman–Crippen LogP) is 2.48. The Balaban J connectivity index is 1.64. The third-order valence-corrected chi connectivity index (χ3v) is 5.58. The number of amides is 1. The second-order valence-corrected chi connectivity index (χ2v) is 7.95. The number of benzene rings is 2. The Bertz CT molecular complexity index is 737. The summed E-state index contributed by atoms with van der Waals surface area (Å²) in [5.41, 5.74) is 3.47. The molecule has 5 heteroatoms. The van der Waals surface area contributed by atoms with Crippen molar-refractivity contribution in [3.63, 3.8) is 0 Å². The van der Waals surface area contributed by atoms with Crippen molar-refractivity contribution in [3.05, 3.63) is 64.7 Å². The highest BCUT2D eigenvalue weighted by atomic mass is 35.5. The van der Waals surface area contributed by atoms with E-state index in [1.54, 1.807) is 4.90 Å². The van der Waals surface area contributed by atoms with E-state index in [1.165, 1.54) is 37.2 Å². The van der Waals surface area contributed by atoms with E-state index in [1.807, 2.05) is 24.3 Å². The van der Waals surface area contributed by atoms with Gasteiger partial charge in [-0.15, -0.1) is 0 Å². The van der Waals surface area contributed by atoms with Gasteiger partial charge in [0.15, 0.2) is 0 Å². The Morgan fingerprint density at radius 1 is 1.07 bits per heavy atom. The van der Waals surface area contributed by atoms with Crippen molar-refractivity contribution in [3.8, 4) is 0 Å². The van der Waals surface area contributed by atoms with Crippen LogP contribution in [0.25, 0.3) is 0 Å². The zero-order chi connectivity index (χ0) is 19.2. The van der Waals surface area contributed by atoms with E-state index < -0.39 is 0 Å². The number of nitrogens with one attached hydrogen (secondary N) is 2. The molecule has 0 bridgehead atoms. The first-order valence-electron chi connectivity index (χ1n) is 9.66. The van der Waals surface area contributed by atoms with Crippen LogP contribution in [-0.4, -0.2) is 39.6 Å². The summed E-state index contributed by atoms with van der Waals surface area (Å²) in [4.78, 5) is 16.1. The fourth-order valence-electron chi connectivity index (χ4n) is 3.75. The van der Waals surface area contributed by atoms with Crippen LogP contribution in [0.1, 0.15) is 30.0 Å². The SMILES string of the molecule is CN(C)c1ccc([C@@H](CNC(=O)Cc2ccc(Cl)cc2)[NH+]2CCCC2)cc1. The number of anilines is 1. The summed E-state index contributed by atoms with van der Waals surface area (Å²) in [6.07, 6.45) is 2.92. The second-order valence-electron chi connectivity index (χ2n) is 7.51. The van der Waals surface area contributed by atoms with E-state index >= 15 is 0 Å². The number of hydrogen-bond donors (Lipinski definition) is 2. The molecule has 0 aliphatic carbocycles. The molecular weight excluding hydrogens is 358 g/mol. The maximum absolute atomic E-state index is 12.4. The smallest absolute Gasteiger partial charge is 0.224 e. The molecule has 1 amide bonds. The molecule has 0 spiro atoms. The molecule has 1 fully saturated rings. The first kappa shape index (κ1) is 19.7. The Morgan fingerprint density at radius 3 is 2.30 bits per heavy atom. The van der Waals surface area contributed by atoms with Crippen LogP contribution < -0.4 is 15.1 Å². The Labute approximate surface area is 167 Å². The third kappa shape index (κ3) is 5.47. The van der Waals surface area contributed by atoms with Crippen molar-refractivity contribution in [2.24, 2.45) is 0 Å². The lowest BCUT2D eigenvalue weighted by molar-refractivity contribution is -0.918. The van der Waals surface area contributed by atoms with Gasteiger partial charge in [0, 0.05) is 43.2 Å². The highest BCUT2D eigenvalue weighted by molar-refractivity contribution is 6.30. The number of carbonyl (C=O) groups is 1.